The number of rotatable bonds is 3. The second-order valence-electron chi connectivity index (χ2n) is 7.90. The number of carbonyl (C=O) groups excluding carboxylic acids is 1. The smallest absolute Gasteiger partial charge is 0.291 e. The Kier molecular flexibility index (Phi) is 4.28. The molecule has 0 saturated heterocycles. The predicted octanol–water partition coefficient (Wildman–Crippen LogP) is 5.16. The number of fused-ring (bicyclic) bond motifs is 2. The summed E-state index contributed by atoms with van der Waals surface area (Å²) in [6.45, 7) is 4.45. The van der Waals surface area contributed by atoms with E-state index in [1.165, 1.54) is 0 Å². The molecule has 1 atom stereocenters. The summed E-state index contributed by atoms with van der Waals surface area (Å²) in [7, 11) is 0. The van der Waals surface area contributed by atoms with Crippen molar-refractivity contribution in [1.82, 2.24) is 4.90 Å². The number of amides is 1. The fourth-order valence-corrected chi connectivity index (χ4v) is 4.12. The van der Waals surface area contributed by atoms with Crippen molar-refractivity contribution >= 4 is 16.9 Å². The van der Waals surface area contributed by atoms with E-state index in [-0.39, 0.29) is 17.1 Å². The van der Waals surface area contributed by atoms with Crippen LogP contribution in [0.3, 0.4) is 0 Å². The zero-order valence-electron chi connectivity index (χ0n) is 16.9. The average Bonchev–Trinajstić information content (AvgIpc) is 3.03. The van der Waals surface area contributed by atoms with E-state index in [0.29, 0.717) is 23.1 Å². The van der Waals surface area contributed by atoms with E-state index >= 15 is 0 Å². The van der Waals surface area contributed by atoms with E-state index in [9.17, 15) is 9.59 Å². The molecular formula is C26H21NO3. The zero-order valence-corrected chi connectivity index (χ0v) is 16.9. The van der Waals surface area contributed by atoms with Gasteiger partial charge in [0.2, 0.25) is 5.76 Å². The van der Waals surface area contributed by atoms with Gasteiger partial charge in [-0.15, -0.1) is 0 Å². The third-order valence-electron chi connectivity index (χ3n) is 5.74. The minimum atomic E-state index is -0.477. The lowest BCUT2D eigenvalue weighted by molar-refractivity contribution is 0.0714. The first kappa shape index (κ1) is 18.4. The molecule has 1 amide bonds. The van der Waals surface area contributed by atoms with Crippen LogP contribution in [-0.2, 0) is 6.54 Å². The summed E-state index contributed by atoms with van der Waals surface area (Å²) in [5, 5.41) is 0.498. The van der Waals surface area contributed by atoms with Crippen molar-refractivity contribution in [3.63, 3.8) is 0 Å². The standard InChI is InChI=1S/C26H21NO3/c1-16-7-11-18(12-8-16)15-27-23(19-13-9-17(2)10-14-19)22-24(28)20-5-3-4-6-21(20)30-25(22)26(27)29/h3-14,23H,15H2,1-2H3. The molecule has 0 saturated carbocycles. The molecule has 0 bridgehead atoms. The van der Waals surface area contributed by atoms with Gasteiger partial charge in [-0.2, -0.15) is 0 Å². The molecule has 0 fully saturated rings. The maximum Gasteiger partial charge on any atom is 0.291 e. The SMILES string of the molecule is Cc1ccc(CN2C(=O)c3oc4ccccc4c(=O)c3C2c2ccc(C)cc2)cc1. The van der Waals surface area contributed by atoms with Crippen LogP contribution in [0.5, 0.6) is 0 Å². The van der Waals surface area contributed by atoms with Crippen LogP contribution in [0, 0.1) is 13.8 Å². The average molecular weight is 395 g/mol. The lowest BCUT2D eigenvalue weighted by atomic mass is 9.97. The molecule has 1 aromatic heterocycles. The van der Waals surface area contributed by atoms with Gasteiger partial charge in [0.25, 0.3) is 5.91 Å². The number of carbonyl (C=O) groups is 1. The number of hydrogen-bond donors (Lipinski definition) is 0. The van der Waals surface area contributed by atoms with Crippen molar-refractivity contribution in [2.75, 3.05) is 0 Å². The van der Waals surface area contributed by atoms with Gasteiger partial charge in [0.1, 0.15) is 5.58 Å². The van der Waals surface area contributed by atoms with Gasteiger partial charge < -0.3 is 9.32 Å². The fourth-order valence-electron chi connectivity index (χ4n) is 4.12. The Morgan fingerprint density at radius 3 is 2.17 bits per heavy atom. The molecule has 0 radical (unpaired) electrons. The van der Waals surface area contributed by atoms with Crippen LogP contribution in [-0.4, -0.2) is 10.8 Å². The molecule has 4 heteroatoms. The molecule has 0 aliphatic carbocycles. The number of para-hydroxylation sites is 1. The summed E-state index contributed by atoms with van der Waals surface area (Å²) >= 11 is 0. The first-order valence-electron chi connectivity index (χ1n) is 10.0. The maximum absolute atomic E-state index is 13.4. The van der Waals surface area contributed by atoms with Gasteiger partial charge in [-0.25, -0.2) is 0 Å². The summed E-state index contributed by atoms with van der Waals surface area (Å²) < 4.78 is 5.97. The minimum Gasteiger partial charge on any atom is -0.450 e. The fraction of sp³-hybridized carbons (Fsp3) is 0.154. The predicted molar refractivity (Wildman–Crippen MR) is 117 cm³/mol. The molecule has 5 rings (SSSR count). The van der Waals surface area contributed by atoms with Crippen molar-refractivity contribution in [2.24, 2.45) is 0 Å². The number of aryl methyl sites for hydroxylation is 2. The molecule has 1 unspecified atom stereocenters. The second-order valence-corrected chi connectivity index (χ2v) is 7.90. The van der Waals surface area contributed by atoms with Crippen molar-refractivity contribution in [1.29, 1.82) is 0 Å². The van der Waals surface area contributed by atoms with Crippen LogP contribution in [0.4, 0.5) is 0 Å². The monoisotopic (exact) mass is 395 g/mol. The van der Waals surface area contributed by atoms with Crippen molar-refractivity contribution < 1.29 is 9.21 Å². The first-order chi connectivity index (χ1) is 14.5. The third kappa shape index (κ3) is 2.92. The quantitative estimate of drug-likeness (QED) is 0.482. The highest BCUT2D eigenvalue weighted by Gasteiger charge is 2.42. The molecule has 3 aromatic carbocycles. The molecule has 2 heterocycles. The minimum absolute atomic E-state index is 0.141. The van der Waals surface area contributed by atoms with Crippen molar-refractivity contribution in [2.45, 2.75) is 26.4 Å². The van der Waals surface area contributed by atoms with Crippen LogP contribution in [0.1, 0.15) is 44.4 Å². The Morgan fingerprint density at radius 2 is 1.47 bits per heavy atom. The molecular weight excluding hydrogens is 374 g/mol. The van der Waals surface area contributed by atoms with Gasteiger partial charge >= 0.3 is 0 Å². The van der Waals surface area contributed by atoms with Gasteiger partial charge in [-0.05, 0) is 37.1 Å². The van der Waals surface area contributed by atoms with Gasteiger partial charge in [0.05, 0.1) is 17.0 Å². The maximum atomic E-state index is 13.4. The van der Waals surface area contributed by atoms with Crippen LogP contribution in [0.2, 0.25) is 0 Å². The van der Waals surface area contributed by atoms with E-state index in [4.69, 9.17) is 4.42 Å². The number of hydrogen-bond acceptors (Lipinski definition) is 3. The normalized spacial score (nSPS) is 15.6. The largest absolute Gasteiger partial charge is 0.450 e. The number of nitrogens with zero attached hydrogens (tertiary/aromatic N) is 1. The topological polar surface area (TPSA) is 50.5 Å². The highest BCUT2D eigenvalue weighted by atomic mass is 16.3. The Bertz CT molecular complexity index is 1320. The Hall–Kier alpha value is -3.66. The molecule has 148 valence electrons. The van der Waals surface area contributed by atoms with E-state index in [1.807, 2.05) is 68.4 Å². The Morgan fingerprint density at radius 1 is 0.833 bits per heavy atom. The van der Waals surface area contributed by atoms with Crippen molar-refractivity contribution in [3.05, 3.63) is 117 Å². The lowest BCUT2D eigenvalue weighted by Crippen LogP contribution is -2.29. The molecule has 4 aromatic rings. The van der Waals surface area contributed by atoms with E-state index in [1.54, 1.807) is 23.1 Å². The van der Waals surface area contributed by atoms with E-state index in [2.05, 4.69) is 0 Å². The van der Waals surface area contributed by atoms with Gasteiger partial charge in [-0.1, -0.05) is 71.8 Å². The summed E-state index contributed by atoms with van der Waals surface area (Å²) in [4.78, 5) is 28.6. The lowest BCUT2D eigenvalue weighted by Gasteiger charge is -2.25. The van der Waals surface area contributed by atoms with Crippen LogP contribution < -0.4 is 5.43 Å². The molecule has 1 aliphatic heterocycles. The highest BCUT2D eigenvalue weighted by Crippen LogP contribution is 2.39. The summed E-state index contributed by atoms with van der Waals surface area (Å²) in [6.07, 6.45) is 0. The molecule has 30 heavy (non-hydrogen) atoms. The zero-order chi connectivity index (χ0) is 20.8. The van der Waals surface area contributed by atoms with Crippen molar-refractivity contribution in [3.8, 4) is 0 Å². The van der Waals surface area contributed by atoms with Crippen LogP contribution in [0.25, 0.3) is 11.0 Å². The summed E-state index contributed by atoms with van der Waals surface area (Å²) in [5.41, 5.74) is 4.92. The third-order valence-corrected chi connectivity index (χ3v) is 5.74. The number of benzene rings is 3. The second kappa shape index (κ2) is 6.99. The Labute approximate surface area is 174 Å². The molecule has 0 spiro atoms. The highest BCUT2D eigenvalue weighted by molar-refractivity contribution is 5.99. The molecule has 4 nitrogen and oxygen atoms in total. The van der Waals surface area contributed by atoms with E-state index in [0.717, 1.165) is 22.3 Å². The van der Waals surface area contributed by atoms with Gasteiger partial charge in [0.15, 0.2) is 5.43 Å². The summed E-state index contributed by atoms with van der Waals surface area (Å²) in [6, 6.07) is 22.7. The van der Waals surface area contributed by atoms with Crippen LogP contribution in [0.15, 0.2) is 82.0 Å². The summed E-state index contributed by atoms with van der Waals surface area (Å²) in [5.74, 6) is -0.101. The first-order valence-corrected chi connectivity index (χ1v) is 10.0. The Balaban J connectivity index is 1.71. The van der Waals surface area contributed by atoms with Crippen LogP contribution >= 0.6 is 0 Å². The molecule has 1 aliphatic rings. The van der Waals surface area contributed by atoms with Gasteiger partial charge in [0, 0.05) is 6.54 Å². The van der Waals surface area contributed by atoms with E-state index < -0.39 is 6.04 Å². The molecule has 0 N–H and O–H groups in total. The van der Waals surface area contributed by atoms with Gasteiger partial charge in [-0.3, -0.25) is 9.59 Å².